The zero-order valence-corrected chi connectivity index (χ0v) is 17.2. The lowest BCUT2D eigenvalue weighted by atomic mass is 10.0. The summed E-state index contributed by atoms with van der Waals surface area (Å²) in [7, 11) is -3.48. The van der Waals surface area contributed by atoms with Gasteiger partial charge in [-0.3, -0.25) is 5.10 Å². The Balaban J connectivity index is 1.30. The third kappa shape index (κ3) is 4.64. The molecule has 3 heterocycles. The summed E-state index contributed by atoms with van der Waals surface area (Å²) in [5, 5.41) is 7.28. The van der Waals surface area contributed by atoms with E-state index in [2.05, 4.69) is 10.2 Å². The summed E-state index contributed by atoms with van der Waals surface area (Å²) in [5.41, 5.74) is 1.65. The summed E-state index contributed by atoms with van der Waals surface area (Å²) in [4.78, 5) is 0. The minimum absolute atomic E-state index is 0.0259. The molecule has 0 aliphatic carbocycles. The molecular formula is C19H24F2N4O4S. The number of rotatable bonds is 7. The molecule has 2 saturated heterocycles. The van der Waals surface area contributed by atoms with Crippen LogP contribution in [0.5, 0.6) is 5.75 Å². The Morgan fingerprint density at radius 1 is 1.13 bits per heavy atom. The Hall–Kier alpha value is -2.08. The van der Waals surface area contributed by atoms with Gasteiger partial charge >= 0.3 is 0 Å². The number of aromatic nitrogens is 2. The predicted octanol–water partition coefficient (Wildman–Crippen LogP) is 1.68. The summed E-state index contributed by atoms with van der Waals surface area (Å²) in [6.45, 7) is 2.75. The van der Waals surface area contributed by atoms with E-state index in [-0.39, 0.29) is 18.3 Å². The van der Waals surface area contributed by atoms with Gasteiger partial charge in [0, 0.05) is 50.3 Å². The summed E-state index contributed by atoms with van der Waals surface area (Å²) >= 11 is 0. The standard InChI is InChI=1S/C19H24F2N4O4S/c20-17-2-1-16(12-18(17)21)29-8-4-15-11-19(23-22-15)14-3-5-25(13-14)30(26,27)24-6-9-28-10-7-24/h1-2,11-12,14H,3-10,13H2,(H,22,23)/t14-/m0/s1. The van der Waals surface area contributed by atoms with Gasteiger partial charge in [-0.25, -0.2) is 8.78 Å². The second-order valence-electron chi connectivity index (χ2n) is 7.36. The first-order valence-corrected chi connectivity index (χ1v) is 11.3. The molecule has 2 fully saturated rings. The van der Waals surface area contributed by atoms with Crippen LogP contribution in [0.25, 0.3) is 0 Å². The third-order valence-electron chi connectivity index (χ3n) is 5.37. The molecule has 164 valence electrons. The molecule has 1 atom stereocenters. The van der Waals surface area contributed by atoms with Crippen LogP contribution in [-0.4, -0.2) is 73.2 Å². The third-order valence-corrected chi connectivity index (χ3v) is 7.38. The molecule has 1 aromatic carbocycles. The van der Waals surface area contributed by atoms with E-state index < -0.39 is 21.8 Å². The van der Waals surface area contributed by atoms with Crippen molar-refractivity contribution in [2.45, 2.75) is 18.8 Å². The van der Waals surface area contributed by atoms with Crippen LogP contribution < -0.4 is 4.74 Å². The van der Waals surface area contributed by atoms with Crippen molar-refractivity contribution in [3.8, 4) is 5.75 Å². The van der Waals surface area contributed by atoms with E-state index in [9.17, 15) is 17.2 Å². The Morgan fingerprint density at radius 2 is 1.93 bits per heavy atom. The van der Waals surface area contributed by atoms with Crippen molar-refractivity contribution < 1.29 is 26.7 Å². The van der Waals surface area contributed by atoms with Crippen molar-refractivity contribution in [1.82, 2.24) is 18.8 Å². The minimum atomic E-state index is -3.48. The summed E-state index contributed by atoms with van der Waals surface area (Å²) in [5.74, 6) is -1.58. The lowest BCUT2D eigenvalue weighted by molar-refractivity contribution is 0.0705. The first kappa shape index (κ1) is 21.2. The van der Waals surface area contributed by atoms with Crippen molar-refractivity contribution >= 4 is 10.2 Å². The Morgan fingerprint density at radius 3 is 2.70 bits per heavy atom. The number of morpholine rings is 1. The van der Waals surface area contributed by atoms with Gasteiger partial charge in [0.15, 0.2) is 11.6 Å². The Labute approximate surface area is 173 Å². The monoisotopic (exact) mass is 442 g/mol. The van der Waals surface area contributed by atoms with E-state index in [1.165, 1.54) is 14.7 Å². The number of H-pyrrole nitrogens is 1. The first-order chi connectivity index (χ1) is 14.4. The normalized spacial score (nSPS) is 21.2. The lowest BCUT2D eigenvalue weighted by Gasteiger charge is -2.30. The maximum absolute atomic E-state index is 13.2. The number of benzene rings is 1. The highest BCUT2D eigenvalue weighted by Gasteiger charge is 2.37. The van der Waals surface area contributed by atoms with Crippen molar-refractivity contribution in [2.75, 3.05) is 46.0 Å². The fourth-order valence-electron chi connectivity index (χ4n) is 3.68. The summed E-state index contributed by atoms with van der Waals surface area (Å²) in [6, 6.07) is 5.31. The molecule has 11 heteroatoms. The Bertz CT molecular complexity index is 979. The molecule has 2 aliphatic heterocycles. The fraction of sp³-hybridized carbons (Fsp3) is 0.526. The van der Waals surface area contributed by atoms with Crippen molar-refractivity contribution in [1.29, 1.82) is 0 Å². The smallest absolute Gasteiger partial charge is 0.282 e. The average Bonchev–Trinajstić information content (AvgIpc) is 3.41. The predicted molar refractivity (Wildman–Crippen MR) is 104 cm³/mol. The molecule has 1 aromatic heterocycles. The number of nitrogens with zero attached hydrogens (tertiary/aromatic N) is 3. The molecule has 0 saturated carbocycles. The largest absolute Gasteiger partial charge is 0.493 e. The number of nitrogens with one attached hydrogen (secondary N) is 1. The van der Waals surface area contributed by atoms with Gasteiger partial charge in [0.2, 0.25) is 0 Å². The van der Waals surface area contributed by atoms with Crippen molar-refractivity contribution in [3.05, 3.63) is 47.3 Å². The van der Waals surface area contributed by atoms with Crippen LogP contribution in [0.2, 0.25) is 0 Å². The highest BCUT2D eigenvalue weighted by atomic mass is 32.2. The molecule has 30 heavy (non-hydrogen) atoms. The van der Waals surface area contributed by atoms with Crippen LogP contribution in [0.15, 0.2) is 24.3 Å². The molecule has 0 unspecified atom stereocenters. The topological polar surface area (TPSA) is 87.8 Å². The van der Waals surface area contributed by atoms with Crippen LogP contribution in [0.1, 0.15) is 23.7 Å². The van der Waals surface area contributed by atoms with Crippen LogP contribution >= 0.6 is 0 Å². The molecule has 4 rings (SSSR count). The fourth-order valence-corrected chi connectivity index (χ4v) is 5.32. The SMILES string of the molecule is O=S(=O)(N1CCOCC1)N1CC[C@H](c2cc(CCOc3ccc(F)c(F)c3)[nH]n2)C1. The van der Waals surface area contributed by atoms with Gasteiger partial charge in [0.25, 0.3) is 10.2 Å². The number of aromatic amines is 1. The first-order valence-electron chi connectivity index (χ1n) is 9.88. The zero-order valence-electron chi connectivity index (χ0n) is 16.4. The molecule has 0 spiro atoms. The second kappa shape index (κ2) is 8.96. The van der Waals surface area contributed by atoms with Crippen LogP contribution in [0.3, 0.4) is 0 Å². The van der Waals surface area contributed by atoms with E-state index in [1.807, 2.05) is 6.07 Å². The number of halogens is 2. The van der Waals surface area contributed by atoms with E-state index in [0.29, 0.717) is 52.2 Å². The number of hydrogen-bond acceptors (Lipinski definition) is 5. The van der Waals surface area contributed by atoms with Gasteiger partial charge in [-0.2, -0.15) is 22.1 Å². The maximum atomic E-state index is 13.2. The van der Waals surface area contributed by atoms with Crippen molar-refractivity contribution in [3.63, 3.8) is 0 Å². The van der Waals surface area contributed by atoms with Crippen LogP contribution in [-0.2, 0) is 21.4 Å². The molecule has 8 nitrogen and oxygen atoms in total. The minimum Gasteiger partial charge on any atom is -0.493 e. The highest BCUT2D eigenvalue weighted by molar-refractivity contribution is 7.86. The van der Waals surface area contributed by atoms with Gasteiger partial charge in [-0.1, -0.05) is 0 Å². The van der Waals surface area contributed by atoms with Gasteiger partial charge < -0.3 is 9.47 Å². The van der Waals surface area contributed by atoms with Gasteiger partial charge in [-0.05, 0) is 24.6 Å². The molecule has 2 aromatic rings. The summed E-state index contributed by atoms with van der Waals surface area (Å²) < 4.78 is 65.4. The molecule has 1 N–H and O–H groups in total. The quantitative estimate of drug-likeness (QED) is 0.705. The lowest BCUT2D eigenvalue weighted by Crippen LogP contribution is -2.47. The molecule has 0 amide bonds. The molecule has 0 radical (unpaired) electrons. The second-order valence-corrected chi connectivity index (χ2v) is 9.28. The highest BCUT2D eigenvalue weighted by Crippen LogP contribution is 2.29. The van der Waals surface area contributed by atoms with Gasteiger partial charge in [0.1, 0.15) is 5.75 Å². The zero-order chi connectivity index (χ0) is 21.1. The van der Waals surface area contributed by atoms with Crippen LogP contribution in [0.4, 0.5) is 8.78 Å². The van der Waals surface area contributed by atoms with E-state index in [0.717, 1.165) is 23.5 Å². The van der Waals surface area contributed by atoms with E-state index >= 15 is 0 Å². The number of hydrogen-bond donors (Lipinski definition) is 1. The molecule has 2 aliphatic rings. The van der Waals surface area contributed by atoms with Gasteiger partial charge in [-0.15, -0.1) is 0 Å². The average molecular weight is 442 g/mol. The van der Waals surface area contributed by atoms with Gasteiger partial charge in [0.05, 0.1) is 25.5 Å². The summed E-state index contributed by atoms with van der Waals surface area (Å²) in [6.07, 6.45) is 1.22. The van der Waals surface area contributed by atoms with Crippen molar-refractivity contribution in [2.24, 2.45) is 0 Å². The molecular weight excluding hydrogens is 418 g/mol. The van der Waals surface area contributed by atoms with Crippen LogP contribution in [0, 0.1) is 11.6 Å². The molecule has 0 bridgehead atoms. The maximum Gasteiger partial charge on any atom is 0.282 e. The van der Waals surface area contributed by atoms with E-state index in [4.69, 9.17) is 9.47 Å². The number of ether oxygens (including phenoxy) is 2. The van der Waals surface area contributed by atoms with E-state index in [1.54, 1.807) is 0 Å². The Kier molecular flexibility index (Phi) is 6.32.